The number of fused-ring (bicyclic) bond motifs is 3. The fourth-order valence-corrected chi connectivity index (χ4v) is 5.52. The van der Waals surface area contributed by atoms with Gasteiger partial charge in [0, 0.05) is 69.0 Å². The maximum atomic E-state index is 13.7. The second-order valence-electron chi connectivity index (χ2n) is 9.97. The van der Waals surface area contributed by atoms with E-state index in [1.807, 2.05) is 43.4 Å². The van der Waals surface area contributed by atoms with Crippen LogP contribution in [0.2, 0.25) is 0 Å². The highest BCUT2D eigenvalue weighted by molar-refractivity contribution is 6.26. The first-order valence-corrected chi connectivity index (χ1v) is 13.0. The number of amides is 2. The molecule has 10 heteroatoms. The number of piperidine rings is 1. The lowest BCUT2D eigenvalue weighted by Gasteiger charge is -2.31. The maximum absolute atomic E-state index is 13.7. The van der Waals surface area contributed by atoms with Crippen LogP contribution in [0.4, 0.5) is 16.2 Å². The molecule has 0 bridgehead atoms. The molecule has 10 nitrogen and oxygen atoms in total. The Morgan fingerprint density at radius 1 is 1.05 bits per heavy atom. The van der Waals surface area contributed by atoms with Gasteiger partial charge in [-0.15, -0.1) is 0 Å². The number of aromatic nitrogens is 2. The quantitative estimate of drug-likeness (QED) is 0.348. The topological polar surface area (TPSA) is 120 Å². The van der Waals surface area contributed by atoms with Gasteiger partial charge < -0.3 is 15.0 Å². The Bertz CT molecular complexity index is 1380. The van der Waals surface area contributed by atoms with Gasteiger partial charge >= 0.3 is 6.03 Å². The molecule has 0 saturated carbocycles. The summed E-state index contributed by atoms with van der Waals surface area (Å²) in [5.41, 5.74) is 8.10. The normalized spacial score (nSPS) is 17.5. The zero-order valence-corrected chi connectivity index (χ0v) is 21.3. The minimum absolute atomic E-state index is 0.175. The summed E-state index contributed by atoms with van der Waals surface area (Å²) in [6.07, 6.45) is 2.83. The number of hydrazine groups is 1. The molecule has 0 atom stereocenters. The van der Waals surface area contributed by atoms with Crippen molar-refractivity contribution in [3.63, 3.8) is 0 Å². The molecule has 3 heterocycles. The third-order valence-electron chi connectivity index (χ3n) is 7.65. The lowest BCUT2D eigenvalue weighted by molar-refractivity contribution is -0.119. The fourth-order valence-electron chi connectivity index (χ4n) is 5.52. The Labute approximate surface area is 220 Å². The summed E-state index contributed by atoms with van der Waals surface area (Å²) in [5, 5.41) is 12.2. The highest BCUT2D eigenvalue weighted by Gasteiger charge is 2.35. The van der Waals surface area contributed by atoms with Crippen molar-refractivity contribution in [2.75, 3.05) is 43.6 Å². The lowest BCUT2D eigenvalue weighted by Crippen LogP contribution is -2.49. The molecular formula is C28H30N6O4. The molecule has 1 aromatic heterocycles. The van der Waals surface area contributed by atoms with E-state index in [1.54, 1.807) is 11.1 Å². The van der Waals surface area contributed by atoms with E-state index in [1.165, 1.54) is 0 Å². The molecule has 3 N–H and O–H groups in total. The summed E-state index contributed by atoms with van der Waals surface area (Å²) < 4.78 is 5.40. The van der Waals surface area contributed by atoms with Crippen LogP contribution in [0, 0.1) is 0 Å². The third kappa shape index (κ3) is 4.46. The molecule has 0 unspecified atom stereocenters. The highest BCUT2D eigenvalue weighted by atomic mass is 16.5. The summed E-state index contributed by atoms with van der Waals surface area (Å²) in [4.78, 5) is 40.2. The summed E-state index contributed by atoms with van der Waals surface area (Å²) >= 11 is 0. The standard InChI is InChI=1S/C28H30N6O4/c1-33(18-11-15-38-16-12-18)32-28(37)29-22-4-2-3-21-23(22)27(36)24-25(30-31-26(21)24)17-5-7-19(8-6-17)34-13-9-20(35)10-14-34/h2-8,18H,9-16H2,1H3,(H,30,31)(H2,29,32,37). The van der Waals surface area contributed by atoms with Crippen LogP contribution in [0.15, 0.2) is 42.5 Å². The van der Waals surface area contributed by atoms with Gasteiger partial charge in [-0.3, -0.25) is 20.1 Å². The van der Waals surface area contributed by atoms with Crippen LogP contribution in [0.1, 0.15) is 41.6 Å². The van der Waals surface area contributed by atoms with Crippen molar-refractivity contribution in [1.29, 1.82) is 0 Å². The zero-order valence-electron chi connectivity index (χ0n) is 21.3. The first kappa shape index (κ1) is 24.3. The number of urea groups is 1. The Kier molecular flexibility index (Phi) is 6.42. The van der Waals surface area contributed by atoms with Gasteiger partial charge in [-0.2, -0.15) is 5.10 Å². The van der Waals surface area contributed by atoms with Crippen molar-refractivity contribution in [2.24, 2.45) is 0 Å². The lowest BCUT2D eigenvalue weighted by atomic mass is 10.0. The third-order valence-corrected chi connectivity index (χ3v) is 7.65. The number of anilines is 2. The Hall–Kier alpha value is -4.02. The molecular weight excluding hydrogens is 484 g/mol. The number of benzene rings is 2. The largest absolute Gasteiger partial charge is 0.381 e. The van der Waals surface area contributed by atoms with Crippen molar-refractivity contribution in [1.82, 2.24) is 20.6 Å². The number of nitrogens with one attached hydrogen (secondary N) is 3. The number of H-pyrrole nitrogens is 1. The molecule has 1 aliphatic carbocycles. The minimum Gasteiger partial charge on any atom is -0.381 e. The van der Waals surface area contributed by atoms with Gasteiger partial charge in [0.25, 0.3) is 0 Å². The molecule has 2 aliphatic heterocycles. The van der Waals surface area contributed by atoms with Crippen molar-refractivity contribution < 1.29 is 19.1 Å². The maximum Gasteiger partial charge on any atom is 0.333 e. The summed E-state index contributed by atoms with van der Waals surface area (Å²) in [7, 11) is 1.84. The van der Waals surface area contributed by atoms with Gasteiger partial charge in [-0.25, -0.2) is 9.80 Å². The Balaban J connectivity index is 1.20. The van der Waals surface area contributed by atoms with E-state index in [9.17, 15) is 14.4 Å². The number of hydrogen-bond acceptors (Lipinski definition) is 7. The van der Waals surface area contributed by atoms with Crippen molar-refractivity contribution in [3.05, 3.63) is 53.6 Å². The van der Waals surface area contributed by atoms with Gasteiger partial charge in [0.2, 0.25) is 0 Å². The molecule has 3 aliphatic rings. The summed E-state index contributed by atoms with van der Waals surface area (Å²) in [6.45, 7) is 2.79. The Morgan fingerprint density at radius 2 is 1.79 bits per heavy atom. The SMILES string of the molecule is CN(NC(=O)Nc1cccc2c1C(=O)c1c(-c3ccc(N4CCC(=O)CC4)cc3)n[nH]c1-2)C1CCOCC1. The van der Waals surface area contributed by atoms with E-state index in [2.05, 4.69) is 25.8 Å². The molecule has 2 amide bonds. The first-order valence-electron chi connectivity index (χ1n) is 13.0. The molecule has 38 heavy (non-hydrogen) atoms. The molecule has 196 valence electrons. The van der Waals surface area contributed by atoms with Crippen molar-refractivity contribution >= 4 is 29.0 Å². The molecule has 2 fully saturated rings. The van der Waals surface area contributed by atoms with Crippen LogP contribution in [0.5, 0.6) is 0 Å². The van der Waals surface area contributed by atoms with Crippen LogP contribution in [-0.2, 0) is 9.53 Å². The molecule has 0 spiro atoms. The number of hydrogen-bond donors (Lipinski definition) is 3. The monoisotopic (exact) mass is 514 g/mol. The molecule has 0 radical (unpaired) electrons. The molecule has 6 rings (SSSR count). The number of Topliss-reactive ketones (excluding diaryl/α,β-unsaturated/α-hetero) is 1. The highest BCUT2D eigenvalue weighted by Crippen LogP contribution is 2.43. The second-order valence-corrected chi connectivity index (χ2v) is 9.97. The van der Waals surface area contributed by atoms with Crippen LogP contribution >= 0.6 is 0 Å². The number of nitrogens with zero attached hydrogens (tertiary/aromatic N) is 3. The van der Waals surface area contributed by atoms with E-state index in [4.69, 9.17) is 4.74 Å². The number of rotatable bonds is 5. The van der Waals surface area contributed by atoms with E-state index in [0.29, 0.717) is 65.6 Å². The zero-order chi connectivity index (χ0) is 26.2. The molecule has 3 aromatic rings. The van der Waals surface area contributed by atoms with Crippen molar-refractivity contribution in [2.45, 2.75) is 31.7 Å². The number of carbonyl (C=O) groups excluding carboxylic acids is 3. The van der Waals surface area contributed by atoms with Gasteiger partial charge in [0.1, 0.15) is 11.5 Å². The number of ketones is 2. The summed E-state index contributed by atoms with van der Waals surface area (Å²) in [5.74, 6) is 0.131. The first-order chi connectivity index (χ1) is 18.5. The van der Waals surface area contributed by atoms with Crippen LogP contribution < -0.4 is 15.6 Å². The number of aromatic amines is 1. The van der Waals surface area contributed by atoms with Crippen LogP contribution in [0.25, 0.3) is 22.5 Å². The predicted molar refractivity (Wildman–Crippen MR) is 143 cm³/mol. The van der Waals surface area contributed by atoms with Crippen LogP contribution in [0.3, 0.4) is 0 Å². The van der Waals surface area contributed by atoms with Crippen molar-refractivity contribution in [3.8, 4) is 22.5 Å². The van der Waals surface area contributed by atoms with E-state index in [-0.39, 0.29) is 11.8 Å². The molecule has 2 aromatic carbocycles. The number of carbonyl (C=O) groups is 3. The average molecular weight is 515 g/mol. The predicted octanol–water partition coefficient (Wildman–Crippen LogP) is 3.60. The molecule has 2 saturated heterocycles. The summed E-state index contributed by atoms with van der Waals surface area (Å²) in [6, 6.07) is 13.1. The van der Waals surface area contributed by atoms with Gasteiger partial charge in [0.05, 0.1) is 22.5 Å². The number of ether oxygens (including phenoxy) is 1. The Morgan fingerprint density at radius 3 is 2.53 bits per heavy atom. The van der Waals surface area contributed by atoms with Crippen LogP contribution in [-0.4, -0.2) is 72.2 Å². The van der Waals surface area contributed by atoms with Gasteiger partial charge in [-0.05, 0) is 31.0 Å². The van der Waals surface area contributed by atoms with E-state index < -0.39 is 6.03 Å². The van der Waals surface area contributed by atoms with E-state index >= 15 is 0 Å². The average Bonchev–Trinajstić information content (AvgIpc) is 3.50. The minimum atomic E-state index is -0.399. The van der Waals surface area contributed by atoms with Gasteiger partial charge in [0.15, 0.2) is 5.78 Å². The van der Waals surface area contributed by atoms with Gasteiger partial charge in [-0.1, -0.05) is 24.3 Å². The fraction of sp³-hybridized carbons (Fsp3) is 0.357. The smallest absolute Gasteiger partial charge is 0.333 e. The van der Waals surface area contributed by atoms with E-state index in [0.717, 1.165) is 37.2 Å². The second kappa shape index (κ2) is 10.0.